The van der Waals surface area contributed by atoms with Gasteiger partial charge in [0.1, 0.15) is 0 Å². The molecule has 1 aliphatic heterocycles. The number of methoxy groups -OCH3 is 1. The lowest BCUT2D eigenvalue weighted by Gasteiger charge is -2.60. The Hall–Kier alpha value is -0.0800. The highest BCUT2D eigenvalue weighted by Gasteiger charge is 2.51. The first-order valence-electron chi connectivity index (χ1n) is 4.05. The van der Waals surface area contributed by atoms with Crippen LogP contribution in [0.4, 0.5) is 0 Å². The molecule has 1 saturated heterocycles. The minimum atomic E-state index is 0.740. The maximum absolute atomic E-state index is 5.13. The monoisotopic (exact) mass is 141 g/mol. The number of likely N-dealkylation sites (tertiary alicyclic amines) is 1. The molecule has 1 saturated carbocycles. The fourth-order valence-electron chi connectivity index (χ4n) is 2.32. The Kier molecular flexibility index (Phi) is 1.46. The molecule has 0 spiro atoms. The number of fused-ring (bicyclic) bond motifs is 1. The molecule has 1 aliphatic carbocycles. The molecule has 0 bridgehead atoms. The number of hydrogen-bond acceptors (Lipinski definition) is 2. The van der Waals surface area contributed by atoms with Crippen molar-refractivity contribution in [2.24, 2.45) is 5.92 Å². The van der Waals surface area contributed by atoms with Crippen LogP contribution in [0.3, 0.4) is 0 Å². The van der Waals surface area contributed by atoms with Crippen molar-refractivity contribution in [1.82, 2.24) is 4.90 Å². The third kappa shape index (κ3) is 0.663. The van der Waals surface area contributed by atoms with Gasteiger partial charge in [-0.05, 0) is 25.8 Å². The van der Waals surface area contributed by atoms with Gasteiger partial charge < -0.3 is 4.74 Å². The quantitative estimate of drug-likeness (QED) is 0.562. The second kappa shape index (κ2) is 2.21. The van der Waals surface area contributed by atoms with Gasteiger partial charge in [0.2, 0.25) is 0 Å². The summed E-state index contributed by atoms with van der Waals surface area (Å²) >= 11 is 0. The van der Waals surface area contributed by atoms with E-state index >= 15 is 0 Å². The normalized spacial score (nSPS) is 45.6. The van der Waals surface area contributed by atoms with E-state index in [2.05, 4.69) is 11.9 Å². The van der Waals surface area contributed by atoms with Crippen LogP contribution < -0.4 is 0 Å². The van der Waals surface area contributed by atoms with Crippen molar-refractivity contribution in [1.29, 1.82) is 0 Å². The Morgan fingerprint density at radius 2 is 2.30 bits per heavy atom. The fraction of sp³-hybridized carbons (Fsp3) is 1.00. The number of hydrogen-bond donors (Lipinski definition) is 0. The fourth-order valence-corrected chi connectivity index (χ4v) is 2.32. The lowest BCUT2D eigenvalue weighted by molar-refractivity contribution is -0.126. The van der Waals surface area contributed by atoms with Gasteiger partial charge in [-0.3, -0.25) is 4.90 Å². The van der Waals surface area contributed by atoms with Crippen molar-refractivity contribution in [3.8, 4) is 0 Å². The molecular formula is C8H15NO. The molecule has 0 amide bonds. The first-order chi connectivity index (χ1) is 4.84. The number of rotatable bonds is 2. The number of likely N-dealkylation sites (N-methyl/N-ethyl adjacent to an activating group) is 1. The Balaban J connectivity index is 1.87. The SMILES string of the molecule is COCC1C2CCC2N1C. The van der Waals surface area contributed by atoms with Crippen LogP contribution in [0.1, 0.15) is 12.8 Å². The average Bonchev–Trinajstić information content (AvgIpc) is 1.85. The van der Waals surface area contributed by atoms with Crippen LogP contribution >= 0.6 is 0 Å². The topological polar surface area (TPSA) is 12.5 Å². The highest BCUT2D eigenvalue weighted by atomic mass is 16.5. The highest BCUT2D eigenvalue weighted by molar-refractivity contribution is 5.05. The summed E-state index contributed by atoms with van der Waals surface area (Å²) < 4.78 is 5.13. The molecule has 2 fully saturated rings. The van der Waals surface area contributed by atoms with Gasteiger partial charge in [-0.1, -0.05) is 0 Å². The molecule has 2 rings (SSSR count). The zero-order chi connectivity index (χ0) is 7.14. The smallest absolute Gasteiger partial charge is 0.0621 e. The van der Waals surface area contributed by atoms with Gasteiger partial charge in [-0.15, -0.1) is 0 Å². The van der Waals surface area contributed by atoms with Crippen LogP contribution in [-0.2, 0) is 4.74 Å². The van der Waals surface area contributed by atoms with Gasteiger partial charge in [0.25, 0.3) is 0 Å². The molecule has 3 atom stereocenters. The largest absolute Gasteiger partial charge is 0.383 e. The van der Waals surface area contributed by atoms with E-state index in [1.165, 1.54) is 12.8 Å². The Morgan fingerprint density at radius 1 is 1.50 bits per heavy atom. The molecule has 0 aromatic rings. The van der Waals surface area contributed by atoms with Gasteiger partial charge >= 0.3 is 0 Å². The highest BCUT2D eigenvalue weighted by Crippen LogP contribution is 2.45. The minimum absolute atomic E-state index is 0.740. The molecule has 10 heavy (non-hydrogen) atoms. The number of nitrogens with zero attached hydrogens (tertiary/aromatic N) is 1. The molecule has 0 N–H and O–H groups in total. The molecule has 0 aromatic carbocycles. The first kappa shape index (κ1) is 6.62. The van der Waals surface area contributed by atoms with Crippen molar-refractivity contribution in [3.05, 3.63) is 0 Å². The summed E-state index contributed by atoms with van der Waals surface area (Å²) in [7, 11) is 4.00. The zero-order valence-corrected chi connectivity index (χ0v) is 6.71. The molecule has 2 nitrogen and oxygen atoms in total. The van der Waals surface area contributed by atoms with Crippen LogP contribution in [-0.4, -0.2) is 37.7 Å². The van der Waals surface area contributed by atoms with Crippen molar-refractivity contribution in [2.75, 3.05) is 20.8 Å². The molecule has 2 aliphatic rings. The van der Waals surface area contributed by atoms with Crippen molar-refractivity contribution < 1.29 is 4.74 Å². The molecule has 58 valence electrons. The van der Waals surface area contributed by atoms with Gasteiger partial charge in [-0.25, -0.2) is 0 Å². The number of ether oxygens (including phenoxy) is 1. The minimum Gasteiger partial charge on any atom is -0.383 e. The molecule has 0 radical (unpaired) electrons. The van der Waals surface area contributed by atoms with E-state index in [4.69, 9.17) is 4.74 Å². The van der Waals surface area contributed by atoms with Crippen LogP contribution in [0.5, 0.6) is 0 Å². The number of piperidine rings is 1. The van der Waals surface area contributed by atoms with Gasteiger partial charge in [0, 0.05) is 19.2 Å². The molecule has 1 heterocycles. The Morgan fingerprint density at radius 3 is 2.70 bits per heavy atom. The predicted octanol–water partition coefficient (Wildman–Crippen LogP) is 0.725. The van der Waals surface area contributed by atoms with E-state index in [1.807, 2.05) is 0 Å². The van der Waals surface area contributed by atoms with Crippen LogP contribution in [0.25, 0.3) is 0 Å². The lowest BCUT2D eigenvalue weighted by atomic mass is 9.66. The summed E-state index contributed by atoms with van der Waals surface area (Å²) in [5.41, 5.74) is 0. The van der Waals surface area contributed by atoms with Crippen molar-refractivity contribution >= 4 is 0 Å². The van der Waals surface area contributed by atoms with Gasteiger partial charge in [-0.2, -0.15) is 0 Å². The third-order valence-corrected chi connectivity index (χ3v) is 3.17. The summed E-state index contributed by atoms with van der Waals surface area (Å²) in [6.07, 6.45) is 2.85. The summed E-state index contributed by atoms with van der Waals surface area (Å²) in [5.74, 6) is 0.977. The van der Waals surface area contributed by atoms with Crippen LogP contribution in [0.15, 0.2) is 0 Å². The van der Waals surface area contributed by atoms with Crippen LogP contribution in [0.2, 0.25) is 0 Å². The molecular weight excluding hydrogens is 126 g/mol. The van der Waals surface area contributed by atoms with Gasteiger partial charge in [0.05, 0.1) is 6.61 Å². The van der Waals surface area contributed by atoms with E-state index in [-0.39, 0.29) is 0 Å². The van der Waals surface area contributed by atoms with Crippen molar-refractivity contribution in [3.63, 3.8) is 0 Å². The van der Waals surface area contributed by atoms with E-state index in [9.17, 15) is 0 Å². The second-order valence-corrected chi connectivity index (χ2v) is 3.50. The van der Waals surface area contributed by atoms with E-state index < -0.39 is 0 Å². The summed E-state index contributed by atoms with van der Waals surface area (Å²) in [6, 6.07) is 1.66. The molecule has 0 aromatic heterocycles. The maximum Gasteiger partial charge on any atom is 0.0621 e. The Bertz CT molecular complexity index is 131. The zero-order valence-electron chi connectivity index (χ0n) is 6.71. The predicted molar refractivity (Wildman–Crippen MR) is 39.9 cm³/mol. The van der Waals surface area contributed by atoms with E-state index in [1.54, 1.807) is 7.11 Å². The van der Waals surface area contributed by atoms with Crippen molar-refractivity contribution in [2.45, 2.75) is 24.9 Å². The van der Waals surface area contributed by atoms with E-state index in [0.29, 0.717) is 0 Å². The lowest BCUT2D eigenvalue weighted by Crippen LogP contribution is -2.68. The second-order valence-electron chi connectivity index (χ2n) is 3.50. The first-order valence-corrected chi connectivity index (χ1v) is 4.05. The van der Waals surface area contributed by atoms with E-state index in [0.717, 1.165) is 24.6 Å². The Labute approximate surface area is 62.2 Å². The summed E-state index contributed by atoms with van der Waals surface area (Å²) in [4.78, 5) is 2.46. The van der Waals surface area contributed by atoms with Gasteiger partial charge in [0.15, 0.2) is 0 Å². The molecule has 2 heteroatoms. The maximum atomic E-state index is 5.13. The third-order valence-electron chi connectivity index (χ3n) is 3.17. The summed E-state index contributed by atoms with van der Waals surface area (Å²) in [5, 5.41) is 0. The van der Waals surface area contributed by atoms with Crippen LogP contribution in [0, 0.1) is 5.92 Å². The summed E-state index contributed by atoms with van der Waals surface area (Å²) in [6.45, 7) is 0.928. The average molecular weight is 141 g/mol. The standard InChI is InChI=1S/C8H15NO/c1-9-7-4-3-6(7)8(9)5-10-2/h6-8H,3-5H2,1-2H3. The molecule has 3 unspecified atom stereocenters.